The van der Waals surface area contributed by atoms with Gasteiger partial charge in [-0.3, -0.25) is 14.9 Å². The van der Waals surface area contributed by atoms with Gasteiger partial charge in [-0.1, -0.05) is 18.2 Å². The molecule has 0 saturated carbocycles. The normalized spacial score (nSPS) is 12.1. The van der Waals surface area contributed by atoms with Crippen molar-refractivity contribution in [1.82, 2.24) is 5.32 Å². The molecule has 34 heavy (non-hydrogen) atoms. The minimum Gasteiger partial charge on any atom is -0.493 e. The van der Waals surface area contributed by atoms with Crippen molar-refractivity contribution in [3.8, 4) is 17.2 Å². The van der Waals surface area contributed by atoms with E-state index in [4.69, 9.17) is 26.4 Å². The number of hydrogen-bond donors (Lipinski definition) is 2. The van der Waals surface area contributed by atoms with Gasteiger partial charge in [0.25, 0.3) is 11.8 Å². The second kappa shape index (κ2) is 9.80. The van der Waals surface area contributed by atoms with Gasteiger partial charge >= 0.3 is 0 Å². The number of anilines is 2. The first-order valence-corrected chi connectivity index (χ1v) is 10.8. The third-order valence-electron chi connectivity index (χ3n) is 5.41. The Balaban J connectivity index is 1.41. The lowest BCUT2D eigenvalue weighted by Gasteiger charge is -2.17. The van der Waals surface area contributed by atoms with Crippen LogP contribution in [0.3, 0.4) is 0 Å². The lowest BCUT2D eigenvalue weighted by molar-refractivity contribution is 0.0974. The molecule has 4 rings (SSSR count). The lowest BCUT2D eigenvalue weighted by atomic mass is 10.1. The second-order valence-electron chi connectivity index (χ2n) is 7.42. The Bertz CT molecular complexity index is 1230. The molecule has 9 heteroatoms. The summed E-state index contributed by atoms with van der Waals surface area (Å²) < 4.78 is 15.9. The molecule has 0 aliphatic carbocycles. The molecule has 8 nitrogen and oxygen atoms in total. The van der Waals surface area contributed by atoms with Gasteiger partial charge < -0.3 is 24.4 Å². The number of benzene rings is 3. The highest BCUT2D eigenvalue weighted by atomic mass is 32.1. The third kappa shape index (κ3) is 4.51. The standard InChI is InChI=1S/C25H23N3O5S/c1-31-20-12-16(13-21(32-2)22(20)33-3)23(29)27-25(34)26-17-8-10-18(11-9-17)28-14-15-6-4-5-7-19(15)24(28)30/h4-13H,14H2,1-3H3,(H2,26,27,29,34). The monoisotopic (exact) mass is 477 g/mol. The molecule has 1 aliphatic rings. The first-order chi connectivity index (χ1) is 16.4. The van der Waals surface area contributed by atoms with E-state index in [0.717, 1.165) is 16.8 Å². The Morgan fingerprint density at radius 1 is 0.941 bits per heavy atom. The number of amides is 2. The maximum Gasteiger partial charge on any atom is 0.258 e. The van der Waals surface area contributed by atoms with Crippen LogP contribution in [0.15, 0.2) is 60.7 Å². The van der Waals surface area contributed by atoms with Crippen LogP contribution in [-0.4, -0.2) is 38.3 Å². The summed E-state index contributed by atoms with van der Waals surface area (Å²) in [5, 5.41) is 5.74. The Morgan fingerprint density at radius 2 is 1.59 bits per heavy atom. The highest BCUT2D eigenvalue weighted by Crippen LogP contribution is 2.38. The summed E-state index contributed by atoms with van der Waals surface area (Å²) >= 11 is 5.29. The number of thiocarbonyl (C=S) groups is 1. The van der Waals surface area contributed by atoms with E-state index in [-0.39, 0.29) is 11.0 Å². The molecule has 2 N–H and O–H groups in total. The smallest absolute Gasteiger partial charge is 0.258 e. The molecule has 0 radical (unpaired) electrons. The van der Waals surface area contributed by atoms with Gasteiger partial charge in [0.05, 0.1) is 27.9 Å². The van der Waals surface area contributed by atoms with E-state index in [1.807, 2.05) is 36.4 Å². The molecule has 1 aliphatic heterocycles. The van der Waals surface area contributed by atoms with Gasteiger partial charge in [0, 0.05) is 22.5 Å². The minimum absolute atomic E-state index is 0.0237. The van der Waals surface area contributed by atoms with Gasteiger partial charge in [0.1, 0.15) is 0 Å². The molecule has 174 valence electrons. The number of fused-ring (bicyclic) bond motifs is 1. The molecule has 2 amide bonds. The molecule has 3 aromatic rings. The zero-order valence-corrected chi connectivity index (χ0v) is 19.7. The van der Waals surface area contributed by atoms with Gasteiger partial charge in [-0.2, -0.15) is 0 Å². The van der Waals surface area contributed by atoms with E-state index in [1.54, 1.807) is 29.2 Å². The van der Waals surface area contributed by atoms with Gasteiger partial charge in [0.15, 0.2) is 16.6 Å². The summed E-state index contributed by atoms with van der Waals surface area (Å²) in [5.74, 6) is 0.653. The summed E-state index contributed by atoms with van der Waals surface area (Å²) in [4.78, 5) is 27.1. The van der Waals surface area contributed by atoms with Crippen molar-refractivity contribution in [3.63, 3.8) is 0 Å². The van der Waals surface area contributed by atoms with Crippen molar-refractivity contribution in [1.29, 1.82) is 0 Å². The largest absolute Gasteiger partial charge is 0.493 e. The number of rotatable bonds is 6. The molecular weight excluding hydrogens is 454 g/mol. The minimum atomic E-state index is -0.436. The molecular formula is C25H23N3O5S. The zero-order chi connectivity index (χ0) is 24.2. The zero-order valence-electron chi connectivity index (χ0n) is 18.9. The summed E-state index contributed by atoms with van der Waals surface area (Å²) in [6.45, 7) is 0.533. The molecule has 0 atom stereocenters. The summed E-state index contributed by atoms with van der Waals surface area (Å²) in [6, 6.07) is 17.9. The fourth-order valence-electron chi connectivity index (χ4n) is 3.74. The second-order valence-corrected chi connectivity index (χ2v) is 7.83. The van der Waals surface area contributed by atoms with Crippen LogP contribution in [0.5, 0.6) is 17.2 Å². The predicted molar refractivity (Wildman–Crippen MR) is 133 cm³/mol. The Morgan fingerprint density at radius 3 is 2.18 bits per heavy atom. The molecule has 1 heterocycles. The SMILES string of the molecule is COc1cc(C(=O)NC(=S)Nc2ccc(N3Cc4ccccc4C3=O)cc2)cc(OC)c1OC. The number of hydrogen-bond acceptors (Lipinski definition) is 6. The molecule has 0 bridgehead atoms. The third-order valence-corrected chi connectivity index (χ3v) is 5.62. The van der Waals surface area contributed by atoms with Gasteiger partial charge in [0.2, 0.25) is 5.75 Å². The molecule has 3 aromatic carbocycles. The number of ether oxygens (including phenoxy) is 3. The van der Waals surface area contributed by atoms with Crippen LogP contribution in [0, 0.1) is 0 Å². The topological polar surface area (TPSA) is 89.1 Å². The number of carbonyl (C=O) groups excluding carboxylic acids is 2. The maximum atomic E-state index is 12.7. The Kier molecular flexibility index (Phi) is 6.65. The van der Waals surface area contributed by atoms with Gasteiger partial charge in [-0.25, -0.2) is 0 Å². The fraction of sp³-hybridized carbons (Fsp3) is 0.160. The van der Waals surface area contributed by atoms with Crippen LogP contribution in [0.4, 0.5) is 11.4 Å². The lowest BCUT2D eigenvalue weighted by Crippen LogP contribution is -2.34. The van der Waals surface area contributed by atoms with E-state index < -0.39 is 5.91 Å². The van der Waals surface area contributed by atoms with Crippen molar-refractivity contribution in [2.45, 2.75) is 6.54 Å². The molecule has 0 unspecified atom stereocenters. The first kappa shape index (κ1) is 23.1. The van der Waals surface area contributed by atoms with Crippen LogP contribution >= 0.6 is 12.2 Å². The van der Waals surface area contributed by atoms with Crippen LogP contribution in [0.25, 0.3) is 0 Å². The quantitative estimate of drug-likeness (QED) is 0.519. The van der Waals surface area contributed by atoms with Crippen LogP contribution < -0.4 is 29.7 Å². The van der Waals surface area contributed by atoms with Crippen LogP contribution in [0.1, 0.15) is 26.3 Å². The van der Waals surface area contributed by atoms with Gasteiger partial charge in [-0.05, 0) is 60.2 Å². The summed E-state index contributed by atoms with van der Waals surface area (Å²) in [5.41, 5.74) is 3.47. The fourth-order valence-corrected chi connectivity index (χ4v) is 3.95. The number of methoxy groups -OCH3 is 3. The van der Waals surface area contributed by atoms with E-state index >= 15 is 0 Å². The van der Waals surface area contributed by atoms with Crippen LogP contribution in [-0.2, 0) is 6.54 Å². The summed E-state index contributed by atoms with van der Waals surface area (Å²) in [7, 11) is 4.44. The van der Waals surface area contributed by atoms with Crippen molar-refractivity contribution in [3.05, 3.63) is 77.4 Å². The first-order valence-electron chi connectivity index (χ1n) is 10.4. The van der Waals surface area contributed by atoms with Crippen molar-refractivity contribution in [2.24, 2.45) is 0 Å². The predicted octanol–water partition coefficient (Wildman–Crippen LogP) is 4.00. The average Bonchev–Trinajstić information content (AvgIpc) is 3.19. The number of nitrogens with one attached hydrogen (secondary N) is 2. The van der Waals surface area contributed by atoms with E-state index in [2.05, 4.69) is 10.6 Å². The van der Waals surface area contributed by atoms with Crippen molar-refractivity contribution >= 4 is 40.5 Å². The van der Waals surface area contributed by atoms with E-state index in [9.17, 15) is 9.59 Å². The molecule has 0 aromatic heterocycles. The highest BCUT2D eigenvalue weighted by Gasteiger charge is 2.27. The molecule has 0 spiro atoms. The highest BCUT2D eigenvalue weighted by molar-refractivity contribution is 7.80. The molecule has 0 saturated heterocycles. The van der Waals surface area contributed by atoms with E-state index in [1.165, 1.54) is 21.3 Å². The van der Waals surface area contributed by atoms with Crippen molar-refractivity contribution < 1.29 is 23.8 Å². The number of carbonyl (C=O) groups is 2. The summed E-state index contributed by atoms with van der Waals surface area (Å²) in [6.07, 6.45) is 0. The number of nitrogens with zero attached hydrogens (tertiary/aromatic N) is 1. The Labute approximate surface area is 202 Å². The van der Waals surface area contributed by atoms with Gasteiger partial charge in [-0.15, -0.1) is 0 Å². The van der Waals surface area contributed by atoms with E-state index in [0.29, 0.717) is 35.0 Å². The van der Waals surface area contributed by atoms with Crippen molar-refractivity contribution in [2.75, 3.05) is 31.5 Å². The maximum absolute atomic E-state index is 12.7. The average molecular weight is 478 g/mol. The van der Waals surface area contributed by atoms with Crippen LogP contribution in [0.2, 0.25) is 0 Å². The Hall–Kier alpha value is -4.11. The molecule has 0 fully saturated rings.